The third kappa shape index (κ3) is 2.71. The molecule has 0 radical (unpaired) electrons. The van der Waals surface area contributed by atoms with Crippen LogP contribution in [0.15, 0.2) is 46.9 Å². The summed E-state index contributed by atoms with van der Waals surface area (Å²) in [5, 5.41) is 2.83. The number of rotatable bonds is 2. The average molecular weight is 305 g/mol. The predicted molar refractivity (Wildman–Crippen MR) is 77.7 cm³/mol. The molecule has 1 amide bonds. The minimum Gasteiger partial charge on any atom is -0.398 e. The summed E-state index contributed by atoms with van der Waals surface area (Å²) in [5.74, 6) is -0.187. The van der Waals surface area contributed by atoms with Crippen molar-refractivity contribution in [2.24, 2.45) is 0 Å². The van der Waals surface area contributed by atoms with E-state index in [1.807, 2.05) is 43.3 Å². The van der Waals surface area contributed by atoms with Crippen molar-refractivity contribution in [3.05, 3.63) is 58.1 Å². The van der Waals surface area contributed by atoms with E-state index in [0.717, 1.165) is 15.7 Å². The summed E-state index contributed by atoms with van der Waals surface area (Å²) in [6.07, 6.45) is 0. The van der Waals surface area contributed by atoms with Gasteiger partial charge < -0.3 is 11.1 Å². The molecule has 0 unspecified atom stereocenters. The van der Waals surface area contributed by atoms with E-state index in [1.165, 1.54) is 0 Å². The maximum absolute atomic E-state index is 12.1. The number of halogens is 1. The van der Waals surface area contributed by atoms with Gasteiger partial charge in [-0.3, -0.25) is 4.79 Å². The zero-order chi connectivity index (χ0) is 13.1. The fourth-order valence-corrected chi connectivity index (χ4v) is 1.99. The second kappa shape index (κ2) is 5.23. The maximum atomic E-state index is 12.1. The minimum atomic E-state index is -0.187. The lowest BCUT2D eigenvalue weighted by Gasteiger charge is -2.10. The third-order valence-electron chi connectivity index (χ3n) is 2.63. The summed E-state index contributed by atoms with van der Waals surface area (Å²) < 4.78 is 0.968. The number of nitrogens with two attached hydrogens (primary N) is 1. The molecule has 0 spiro atoms. The zero-order valence-corrected chi connectivity index (χ0v) is 11.5. The smallest absolute Gasteiger partial charge is 0.258 e. The van der Waals surface area contributed by atoms with E-state index in [0.29, 0.717) is 11.3 Å². The van der Waals surface area contributed by atoms with E-state index in [2.05, 4.69) is 21.2 Å². The van der Waals surface area contributed by atoms with Crippen LogP contribution in [-0.2, 0) is 0 Å². The Labute approximate surface area is 114 Å². The lowest BCUT2D eigenvalue weighted by atomic mass is 10.1. The zero-order valence-electron chi connectivity index (χ0n) is 9.91. The third-order valence-corrected chi connectivity index (χ3v) is 3.16. The highest BCUT2D eigenvalue weighted by atomic mass is 79.9. The quantitative estimate of drug-likeness (QED) is 0.833. The first-order valence-electron chi connectivity index (χ1n) is 5.50. The standard InChI is InChI=1S/C14H13BrN2O/c1-9-3-2-4-12(16)13(9)14(18)17-11-7-5-10(15)6-8-11/h2-8H,16H2,1H3,(H,17,18). The number of carbonyl (C=O) groups is 1. The van der Waals surface area contributed by atoms with Crippen molar-refractivity contribution in [2.45, 2.75) is 6.92 Å². The first-order valence-corrected chi connectivity index (χ1v) is 6.29. The van der Waals surface area contributed by atoms with E-state index in [4.69, 9.17) is 5.73 Å². The molecule has 0 aliphatic heterocycles. The molecule has 2 aromatic rings. The normalized spacial score (nSPS) is 10.1. The maximum Gasteiger partial charge on any atom is 0.258 e. The molecule has 92 valence electrons. The largest absolute Gasteiger partial charge is 0.398 e. The highest BCUT2D eigenvalue weighted by Gasteiger charge is 2.12. The molecule has 0 saturated heterocycles. The van der Waals surface area contributed by atoms with Crippen LogP contribution >= 0.6 is 15.9 Å². The number of carbonyl (C=O) groups excluding carboxylic acids is 1. The van der Waals surface area contributed by atoms with Gasteiger partial charge in [0, 0.05) is 15.8 Å². The molecule has 0 aliphatic rings. The Morgan fingerprint density at radius 3 is 2.44 bits per heavy atom. The number of hydrogen-bond acceptors (Lipinski definition) is 2. The molecule has 0 fully saturated rings. The molecular weight excluding hydrogens is 292 g/mol. The summed E-state index contributed by atoms with van der Waals surface area (Å²) in [7, 11) is 0. The Morgan fingerprint density at radius 2 is 1.83 bits per heavy atom. The van der Waals surface area contributed by atoms with Gasteiger partial charge in [0.2, 0.25) is 0 Å². The first kappa shape index (κ1) is 12.6. The van der Waals surface area contributed by atoms with Crippen molar-refractivity contribution in [3.63, 3.8) is 0 Å². The summed E-state index contributed by atoms with van der Waals surface area (Å²) in [4.78, 5) is 12.1. The van der Waals surface area contributed by atoms with Crippen LogP contribution in [0.25, 0.3) is 0 Å². The SMILES string of the molecule is Cc1cccc(N)c1C(=O)Nc1ccc(Br)cc1. The molecule has 18 heavy (non-hydrogen) atoms. The van der Waals surface area contributed by atoms with Crippen molar-refractivity contribution in [3.8, 4) is 0 Å². The average Bonchev–Trinajstić information content (AvgIpc) is 2.32. The van der Waals surface area contributed by atoms with Crippen LogP contribution in [0.5, 0.6) is 0 Å². The van der Waals surface area contributed by atoms with Gasteiger partial charge in [-0.05, 0) is 42.8 Å². The van der Waals surface area contributed by atoms with Crippen LogP contribution < -0.4 is 11.1 Å². The molecule has 0 heterocycles. The fourth-order valence-electron chi connectivity index (χ4n) is 1.73. The highest BCUT2D eigenvalue weighted by Crippen LogP contribution is 2.19. The van der Waals surface area contributed by atoms with E-state index in [9.17, 15) is 4.79 Å². The molecule has 0 aliphatic carbocycles. The molecule has 0 bridgehead atoms. The molecular formula is C14H13BrN2O. The van der Waals surface area contributed by atoms with Gasteiger partial charge >= 0.3 is 0 Å². The molecule has 3 N–H and O–H groups in total. The Balaban J connectivity index is 2.25. The fraction of sp³-hybridized carbons (Fsp3) is 0.0714. The summed E-state index contributed by atoms with van der Waals surface area (Å²) in [5.41, 5.74) is 8.46. The lowest BCUT2D eigenvalue weighted by Crippen LogP contribution is -2.15. The van der Waals surface area contributed by atoms with Crippen molar-refractivity contribution < 1.29 is 4.79 Å². The van der Waals surface area contributed by atoms with Gasteiger partial charge in [-0.1, -0.05) is 28.1 Å². The molecule has 3 nitrogen and oxygen atoms in total. The number of anilines is 2. The van der Waals surface area contributed by atoms with Gasteiger partial charge in [0.15, 0.2) is 0 Å². The van der Waals surface area contributed by atoms with Crippen molar-refractivity contribution in [1.29, 1.82) is 0 Å². The molecule has 2 rings (SSSR count). The van der Waals surface area contributed by atoms with E-state index < -0.39 is 0 Å². The number of hydrogen-bond donors (Lipinski definition) is 2. The van der Waals surface area contributed by atoms with E-state index >= 15 is 0 Å². The number of amides is 1. The predicted octanol–water partition coefficient (Wildman–Crippen LogP) is 3.59. The number of benzene rings is 2. The second-order valence-corrected chi connectivity index (χ2v) is 4.92. The van der Waals surface area contributed by atoms with Crippen LogP contribution in [0.3, 0.4) is 0 Å². The van der Waals surface area contributed by atoms with Gasteiger partial charge in [-0.15, -0.1) is 0 Å². The number of nitrogens with one attached hydrogen (secondary N) is 1. The highest BCUT2D eigenvalue weighted by molar-refractivity contribution is 9.10. The summed E-state index contributed by atoms with van der Waals surface area (Å²) in [6, 6.07) is 12.8. The summed E-state index contributed by atoms with van der Waals surface area (Å²) >= 11 is 3.35. The Bertz CT molecular complexity index is 559. The first-order chi connectivity index (χ1) is 8.58. The summed E-state index contributed by atoms with van der Waals surface area (Å²) in [6.45, 7) is 1.87. The van der Waals surface area contributed by atoms with Crippen molar-refractivity contribution in [2.75, 3.05) is 11.1 Å². The van der Waals surface area contributed by atoms with Crippen LogP contribution in [0.2, 0.25) is 0 Å². The Morgan fingerprint density at radius 1 is 1.17 bits per heavy atom. The minimum absolute atomic E-state index is 0.187. The van der Waals surface area contributed by atoms with Crippen LogP contribution in [-0.4, -0.2) is 5.91 Å². The molecule has 0 atom stereocenters. The van der Waals surface area contributed by atoms with Crippen LogP contribution in [0.1, 0.15) is 15.9 Å². The van der Waals surface area contributed by atoms with E-state index in [1.54, 1.807) is 6.07 Å². The second-order valence-electron chi connectivity index (χ2n) is 4.00. The van der Waals surface area contributed by atoms with Gasteiger partial charge in [0.05, 0.1) is 5.56 Å². The number of aryl methyl sites for hydroxylation is 1. The monoisotopic (exact) mass is 304 g/mol. The molecule has 0 saturated carbocycles. The van der Waals surface area contributed by atoms with Gasteiger partial charge in [-0.2, -0.15) is 0 Å². The number of nitrogen functional groups attached to an aromatic ring is 1. The van der Waals surface area contributed by atoms with E-state index in [-0.39, 0.29) is 5.91 Å². The van der Waals surface area contributed by atoms with Crippen molar-refractivity contribution >= 4 is 33.2 Å². The molecule has 4 heteroatoms. The van der Waals surface area contributed by atoms with Gasteiger partial charge in [0.1, 0.15) is 0 Å². The van der Waals surface area contributed by atoms with Crippen LogP contribution in [0.4, 0.5) is 11.4 Å². The van der Waals surface area contributed by atoms with Gasteiger partial charge in [-0.25, -0.2) is 0 Å². The molecule has 0 aromatic heterocycles. The topological polar surface area (TPSA) is 55.1 Å². The van der Waals surface area contributed by atoms with Crippen LogP contribution in [0, 0.1) is 6.92 Å². The Kier molecular flexibility index (Phi) is 3.67. The van der Waals surface area contributed by atoms with Crippen molar-refractivity contribution in [1.82, 2.24) is 0 Å². The lowest BCUT2D eigenvalue weighted by molar-refractivity contribution is 0.102. The molecule has 2 aromatic carbocycles. The Hall–Kier alpha value is -1.81. The van der Waals surface area contributed by atoms with Gasteiger partial charge in [0.25, 0.3) is 5.91 Å².